The fraction of sp³-hybridized carbons (Fsp3) is 0.320. The molecule has 1 aliphatic rings. The average Bonchev–Trinajstić information content (AvgIpc) is 2.84. The molecule has 0 spiro atoms. The first-order chi connectivity index (χ1) is 15.6. The van der Waals surface area contributed by atoms with Gasteiger partial charge in [0.2, 0.25) is 5.91 Å². The van der Waals surface area contributed by atoms with Crippen LogP contribution in [0.25, 0.3) is 0 Å². The third-order valence-corrected chi connectivity index (χ3v) is 5.86. The van der Waals surface area contributed by atoms with Crippen molar-refractivity contribution < 1.29 is 9.53 Å². The largest absolute Gasteiger partial charge is 0.497 e. The molecule has 1 amide bonds. The van der Waals surface area contributed by atoms with Crippen LogP contribution in [-0.4, -0.2) is 35.9 Å². The minimum absolute atomic E-state index is 0.0248. The van der Waals surface area contributed by atoms with Crippen molar-refractivity contribution in [3.8, 4) is 5.75 Å². The summed E-state index contributed by atoms with van der Waals surface area (Å²) in [5.41, 5.74) is 2.74. The van der Waals surface area contributed by atoms with Crippen molar-refractivity contribution in [1.82, 2.24) is 15.1 Å². The van der Waals surface area contributed by atoms with E-state index in [2.05, 4.69) is 15.3 Å². The van der Waals surface area contributed by atoms with Crippen molar-refractivity contribution in [3.63, 3.8) is 0 Å². The van der Waals surface area contributed by atoms with Crippen molar-refractivity contribution in [2.45, 2.75) is 25.9 Å². The van der Waals surface area contributed by atoms with Crippen molar-refractivity contribution >= 4 is 11.6 Å². The third-order valence-electron chi connectivity index (χ3n) is 5.86. The van der Waals surface area contributed by atoms with Crippen LogP contribution < -0.4 is 20.5 Å². The summed E-state index contributed by atoms with van der Waals surface area (Å²) in [5.74, 6) is 0.830. The van der Waals surface area contributed by atoms with Crippen LogP contribution in [-0.2, 0) is 17.9 Å². The molecule has 0 radical (unpaired) electrons. The van der Waals surface area contributed by atoms with Gasteiger partial charge in [-0.25, -0.2) is 4.68 Å². The molecule has 3 aromatic rings. The monoisotopic (exact) mass is 432 g/mol. The second-order valence-electron chi connectivity index (χ2n) is 8.03. The molecule has 7 nitrogen and oxygen atoms in total. The average molecular weight is 433 g/mol. The number of hydrogen-bond donors (Lipinski definition) is 1. The summed E-state index contributed by atoms with van der Waals surface area (Å²) in [7, 11) is 1.63. The summed E-state index contributed by atoms with van der Waals surface area (Å²) in [6.07, 6.45) is 3.24. The smallest absolute Gasteiger partial charge is 0.269 e. The van der Waals surface area contributed by atoms with Gasteiger partial charge < -0.3 is 15.0 Å². The van der Waals surface area contributed by atoms with Crippen molar-refractivity contribution in [3.05, 3.63) is 88.3 Å². The predicted molar refractivity (Wildman–Crippen MR) is 124 cm³/mol. The molecule has 0 bridgehead atoms. The number of anilines is 1. The van der Waals surface area contributed by atoms with Gasteiger partial charge in [0.05, 0.1) is 25.5 Å². The Morgan fingerprint density at radius 1 is 1.06 bits per heavy atom. The van der Waals surface area contributed by atoms with E-state index in [9.17, 15) is 9.59 Å². The molecule has 0 saturated carbocycles. The van der Waals surface area contributed by atoms with E-state index in [4.69, 9.17) is 4.74 Å². The summed E-state index contributed by atoms with van der Waals surface area (Å²) in [4.78, 5) is 27.3. The lowest BCUT2D eigenvalue weighted by Crippen LogP contribution is -2.41. The van der Waals surface area contributed by atoms with E-state index in [0.717, 1.165) is 48.5 Å². The molecule has 0 atom stereocenters. The number of amides is 1. The van der Waals surface area contributed by atoms with E-state index in [0.29, 0.717) is 13.1 Å². The summed E-state index contributed by atoms with van der Waals surface area (Å²) >= 11 is 0. The van der Waals surface area contributed by atoms with Gasteiger partial charge in [0.25, 0.3) is 5.56 Å². The van der Waals surface area contributed by atoms with Gasteiger partial charge in [-0.15, -0.1) is 0 Å². The zero-order chi connectivity index (χ0) is 22.3. The van der Waals surface area contributed by atoms with Crippen molar-refractivity contribution in [2.24, 2.45) is 5.92 Å². The van der Waals surface area contributed by atoms with Gasteiger partial charge in [0.15, 0.2) is 0 Å². The van der Waals surface area contributed by atoms with E-state index in [1.807, 2.05) is 54.6 Å². The molecule has 166 valence electrons. The van der Waals surface area contributed by atoms with Gasteiger partial charge in [0, 0.05) is 31.6 Å². The van der Waals surface area contributed by atoms with E-state index >= 15 is 0 Å². The highest BCUT2D eigenvalue weighted by molar-refractivity contribution is 5.79. The Balaban J connectivity index is 1.29. The molecule has 2 heterocycles. The van der Waals surface area contributed by atoms with Gasteiger partial charge in [-0.2, -0.15) is 5.10 Å². The zero-order valence-electron chi connectivity index (χ0n) is 18.2. The first-order valence-electron chi connectivity index (χ1n) is 10.9. The van der Waals surface area contributed by atoms with Gasteiger partial charge in [-0.3, -0.25) is 9.59 Å². The van der Waals surface area contributed by atoms with E-state index in [-0.39, 0.29) is 17.4 Å². The maximum Gasteiger partial charge on any atom is 0.269 e. The van der Waals surface area contributed by atoms with Crippen LogP contribution >= 0.6 is 0 Å². The van der Waals surface area contributed by atoms with Gasteiger partial charge >= 0.3 is 0 Å². The molecule has 4 rings (SSSR count). The molecule has 7 heteroatoms. The molecule has 1 fully saturated rings. The summed E-state index contributed by atoms with van der Waals surface area (Å²) in [5, 5.41) is 7.39. The fourth-order valence-electron chi connectivity index (χ4n) is 3.99. The Morgan fingerprint density at radius 3 is 2.53 bits per heavy atom. The molecule has 1 aliphatic heterocycles. The lowest BCUT2D eigenvalue weighted by molar-refractivity contribution is -0.125. The summed E-state index contributed by atoms with van der Waals surface area (Å²) in [6, 6.07) is 19.1. The number of carbonyl (C=O) groups is 1. The molecular formula is C25H28N4O3. The normalized spacial score (nSPS) is 14.2. The van der Waals surface area contributed by atoms with E-state index in [1.165, 1.54) is 4.68 Å². The Bertz CT molecular complexity index is 1110. The van der Waals surface area contributed by atoms with Crippen LogP contribution in [0.5, 0.6) is 5.75 Å². The third kappa shape index (κ3) is 5.35. The molecule has 1 N–H and O–H groups in total. The molecule has 0 aliphatic carbocycles. The number of nitrogens with one attached hydrogen (secondary N) is 1. The van der Waals surface area contributed by atoms with Crippen LogP contribution in [0.15, 0.2) is 71.7 Å². The number of carbonyl (C=O) groups excluding carboxylic acids is 1. The van der Waals surface area contributed by atoms with Crippen LogP contribution in [0.2, 0.25) is 0 Å². The Labute approximate surface area is 187 Å². The van der Waals surface area contributed by atoms with Gasteiger partial charge in [-0.05, 0) is 36.1 Å². The standard InChI is InChI=1S/C25H28N4O3/c1-32-23-9-5-8-20(14-23)16-26-25(31)21-10-12-28(13-11-21)22-15-24(30)29(27-17-22)18-19-6-3-2-4-7-19/h2-9,14-15,17,21H,10-13,16,18H2,1H3,(H,26,31). The molecule has 2 aromatic carbocycles. The van der Waals surface area contributed by atoms with E-state index < -0.39 is 0 Å². The van der Waals surface area contributed by atoms with Crippen molar-refractivity contribution in [1.29, 1.82) is 0 Å². The Morgan fingerprint density at radius 2 is 1.81 bits per heavy atom. The van der Waals surface area contributed by atoms with Gasteiger partial charge in [0.1, 0.15) is 5.75 Å². The number of ether oxygens (including phenoxy) is 1. The van der Waals surface area contributed by atoms with Crippen molar-refractivity contribution in [2.75, 3.05) is 25.1 Å². The number of aromatic nitrogens is 2. The van der Waals surface area contributed by atoms with Gasteiger partial charge in [-0.1, -0.05) is 42.5 Å². The van der Waals surface area contributed by atoms with Crippen LogP contribution in [0.1, 0.15) is 24.0 Å². The molecule has 32 heavy (non-hydrogen) atoms. The summed E-state index contributed by atoms with van der Waals surface area (Å²) < 4.78 is 6.70. The summed E-state index contributed by atoms with van der Waals surface area (Å²) in [6.45, 7) is 2.39. The Kier molecular flexibility index (Phi) is 6.84. The minimum atomic E-state index is -0.121. The molecular weight excluding hydrogens is 404 g/mol. The number of piperidine rings is 1. The number of nitrogens with zero attached hydrogens (tertiary/aromatic N) is 3. The molecule has 0 unspecified atom stereocenters. The Hall–Kier alpha value is -3.61. The predicted octanol–water partition coefficient (Wildman–Crippen LogP) is 2.83. The number of benzene rings is 2. The maximum atomic E-state index is 12.6. The number of methoxy groups -OCH3 is 1. The topological polar surface area (TPSA) is 76.5 Å². The second kappa shape index (κ2) is 10.1. The minimum Gasteiger partial charge on any atom is -0.497 e. The lowest BCUT2D eigenvalue weighted by Gasteiger charge is -2.32. The highest BCUT2D eigenvalue weighted by Crippen LogP contribution is 2.22. The SMILES string of the molecule is COc1cccc(CNC(=O)C2CCN(c3cnn(Cc4ccccc4)c(=O)c3)CC2)c1. The van der Waals surface area contributed by atoms with E-state index in [1.54, 1.807) is 19.4 Å². The molecule has 1 aromatic heterocycles. The quantitative estimate of drug-likeness (QED) is 0.621. The zero-order valence-corrected chi connectivity index (χ0v) is 18.2. The highest BCUT2D eigenvalue weighted by Gasteiger charge is 2.25. The highest BCUT2D eigenvalue weighted by atomic mass is 16.5. The number of hydrogen-bond acceptors (Lipinski definition) is 5. The maximum absolute atomic E-state index is 12.6. The lowest BCUT2D eigenvalue weighted by atomic mass is 9.95. The molecule has 1 saturated heterocycles. The second-order valence-corrected chi connectivity index (χ2v) is 8.03. The fourth-order valence-corrected chi connectivity index (χ4v) is 3.99. The van der Waals surface area contributed by atoms with Crippen LogP contribution in [0.4, 0.5) is 5.69 Å². The first kappa shape index (κ1) is 21.6. The number of rotatable bonds is 7. The van der Waals surface area contributed by atoms with Crippen LogP contribution in [0.3, 0.4) is 0 Å². The first-order valence-corrected chi connectivity index (χ1v) is 10.9. The van der Waals surface area contributed by atoms with Crippen LogP contribution in [0, 0.1) is 5.92 Å².